The zero-order valence-corrected chi connectivity index (χ0v) is 26.2. The summed E-state index contributed by atoms with van der Waals surface area (Å²) in [7, 11) is 0. The molecule has 13 rings (SSSR count). The largest absolute Gasteiger partial charge is 0.456 e. The van der Waals surface area contributed by atoms with Gasteiger partial charge >= 0.3 is 0 Å². The van der Waals surface area contributed by atoms with Gasteiger partial charge in [0.2, 0.25) is 0 Å². The lowest BCUT2D eigenvalue weighted by Gasteiger charge is -2.30. The molecule has 3 aliphatic carbocycles. The van der Waals surface area contributed by atoms with Crippen LogP contribution in [0.25, 0.3) is 99.2 Å². The number of fused-ring (bicyclic) bond motifs is 11. The summed E-state index contributed by atoms with van der Waals surface area (Å²) in [5.41, 5.74) is 18.7. The molecule has 0 amide bonds. The Hall–Kier alpha value is -6.38. The summed E-state index contributed by atoms with van der Waals surface area (Å²) in [5, 5.41) is 7.17. The van der Waals surface area contributed by atoms with E-state index in [1.807, 2.05) is 0 Å². The minimum absolute atomic E-state index is 0.394. The Morgan fingerprint density at radius 2 is 0.796 bits per heavy atom. The van der Waals surface area contributed by atoms with E-state index in [0.717, 1.165) is 22.3 Å². The van der Waals surface area contributed by atoms with Crippen LogP contribution in [0.3, 0.4) is 0 Å². The van der Waals surface area contributed by atoms with Crippen molar-refractivity contribution >= 4 is 54.6 Å². The van der Waals surface area contributed by atoms with Gasteiger partial charge in [0.25, 0.3) is 0 Å². The Morgan fingerprint density at radius 1 is 0.306 bits per heavy atom. The second-order valence-electron chi connectivity index (χ2n) is 13.8. The van der Waals surface area contributed by atoms with Crippen LogP contribution in [0, 0.1) is 0 Å². The van der Waals surface area contributed by atoms with Crippen molar-refractivity contribution in [2.45, 2.75) is 5.41 Å². The highest BCUT2D eigenvalue weighted by atomic mass is 16.3. The first-order valence-electron chi connectivity index (χ1n) is 17.0. The molecule has 2 heterocycles. The predicted molar refractivity (Wildman–Crippen MR) is 199 cm³/mol. The van der Waals surface area contributed by atoms with Gasteiger partial charge in [0.15, 0.2) is 0 Å². The van der Waals surface area contributed by atoms with Crippen LogP contribution in [0.15, 0.2) is 154 Å². The molecule has 0 fully saturated rings. The summed E-state index contributed by atoms with van der Waals surface area (Å²) in [6, 6.07) is 53.7. The summed E-state index contributed by atoms with van der Waals surface area (Å²) >= 11 is 0. The summed E-state index contributed by atoms with van der Waals surface area (Å²) in [5.74, 6) is 0. The number of hydrogen-bond acceptors (Lipinski definition) is 2. The van der Waals surface area contributed by atoms with Crippen molar-refractivity contribution in [1.82, 2.24) is 0 Å². The molecule has 0 unspecified atom stereocenters. The molecule has 0 radical (unpaired) electrons. The highest BCUT2D eigenvalue weighted by Crippen LogP contribution is 2.64. The molecule has 0 aliphatic heterocycles. The van der Waals surface area contributed by atoms with E-state index in [4.69, 9.17) is 8.83 Å². The molecular formula is C47H24O2. The molecule has 0 atom stereocenters. The molecule has 8 aromatic carbocycles. The van der Waals surface area contributed by atoms with E-state index in [1.165, 1.54) is 99.1 Å². The van der Waals surface area contributed by atoms with Crippen LogP contribution < -0.4 is 0 Å². The van der Waals surface area contributed by atoms with Gasteiger partial charge in [-0.15, -0.1) is 0 Å². The first kappa shape index (κ1) is 24.7. The average molecular weight is 621 g/mol. The van der Waals surface area contributed by atoms with Crippen LogP contribution in [0.5, 0.6) is 0 Å². The molecule has 3 aliphatic rings. The lowest BCUT2D eigenvalue weighted by atomic mass is 9.70. The topological polar surface area (TPSA) is 26.3 Å². The van der Waals surface area contributed by atoms with Crippen LogP contribution in [0.2, 0.25) is 0 Å². The van der Waals surface area contributed by atoms with Crippen molar-refractivity contribution in [3.63, 3.8) is 0 Å². The molecule has 2 nitrogen and oxygen atoms in total. The number of rotatable bonds is 1. The van der Waals surface area contributed by atoms with E-state index in [1.54, 1.807) is 0 Å². The van der Waals surface area contributed by atoms with E-state index in [0.29, 0.717) is 0 Å². The first-order valence-corrected chi connectivity index (χ1v) is 17.0. The number of furan rings is 2. The lowest BCUT2D eigenvalue weighted by molar-refractivity contribution is 0.669. The highest BCUT2D eigenvalue weighted by molar-refractivity contribution is 6.38. The van der Waals surface area contributed by atoms with Crippen molar-refractivity contribution in [3.05, 3.63) is 168 Å². The molecule has 49 heavy (non-hydrogen) atoms. The maximum Gasteiger partial charge on any atom is 0.136 e. The third kappa shape index (κ3) is 2.63. The fourth-order valence-electron chi connectivity index (χ4n) is 10.2. The van der Waals surface area contributed by atoms with Crippen molar-refractivity contribution in [1.29, 1.82) is 0 Å². The fraction of sp³-hybridized carbons (Fsp3) is 0.0213. The molecule has 224 valence electrons. The monoisotopic (exact) mass is 620 g/mol. The van der Waals surface area contributed by atoms with Crippen LogP contribution in [0.4, 0.5) is 0 Å². The Bertz CT molecular complexity index is 3100. The maximum atomic E-state index is 6.80. The minimum Gasteiger partial charge on any atom is -0.456 e. The lowest BCUT2D eigenvalue weighted by Crippen LogP contribution is -2.25. The third-order valence-corrected chi connectivity index (χ3v) is 11.8. The summed E-state index contributed by atoms with van der Waals surface area (Å²) < 4.78 is 13.4. The Balaban J connectivity index is 1.23. The molecule has 1 spiro atoms. The minimum atomic E-state index is -0.394. The molecule has 2 aromatic heterocycles. The molecular weight excluding hydrogens is 597 g/mol. The van der Waals surface area contributed by atoms with Gasteiger partial charge < -0.3 is 8.83 Å². The summed E-state index contributed by atoms with van der Waals surface area (Å²) in [6.45, 7) is 0. The van der Waals surface area contributed by atoms with Crippen molar-refractivity contribution in [2.75, 3.05) is 0 Å². The number of benzene rings is 8. The zero-order valence-electron chi connectivity index (χ0n) is 26.2. The van der Waals surface area contributed by atoms with E-state index in [2.05, 4.69) is 146 Å². The van der Waals surface area contributed by atoms with Gasteiger partial charge in [0.05, 0.1) is 5.41 Å². The standard InChI is InChI=1S/C47H24O2/c1-4-16-33-25(10-1)26-11-2-5-17-34(26)47(33)35-18-6-3-12-31(35)41-29(13-7-19-36(41)47)32-24-40-46-43-28(15-9-21-38(43)49-40)27-14-8-20-37-42(27)45-39(48-37)23-22-30(32)44(45)46/h1-24H. The Kier molecular flexibility index (Phi) is 4.13. The van der Waals surface area contributed by atoms with Crippen LogP contribution >= 0.6 is 0 Å². The van der Waals surface area contributed by atoms with Gasteiger partial charge in [0, 0.05) is 26.9 Å². The fourth-order valence-corrected chi connectivity index (χ4v) is 10.2. The third-order valence-electron chi connectivity index (χ3n) is 11.8. The number of hydrogen-bond donors (Lipinski definition) is 0. The summed E-state index contributed by atoms with van der Waals surface area (Å²) in [6.07, 6.45) is 0. The second-order valence-corrected chi connectivity index (χ2v) is 13.8. The molecule has 2 heteroatoms. The highest BCUT2D eigenvalue weighted by Gasteiger charge is 2.52. The van der Waals surface area contributed by atoms with Crippen molar-refractivity contribution in [2.24, 2.45) is 0 Å². The normalized spacial score (nSPS) is 14.3. The Morgan fingerprint density at radius 3 is 1.49 bits per heavy atom. The van der Waals surface area contributed by atoms with Crippen LogP contribution in [-0.4, -0.2) is 0 Å². The van der Waals surface area contributed by atoms with Gasteiger partial charge in [-0.3, -0.25) is 0 Å². The first-order chi connectivity index (χ1) is 24.3. The van der Waals surface area contributed by atoms with Gasteiger partial charge in [-0.05, 0) is 102 Å². The average Bonchev–Trinajstić information content (AvgIpc) is 3.87. The quantitative estimate of drug-likeness (QED) is 0.182. The molecule has 0 N–H and O–H groups in total. The van der Waals surface area contributed by atoms with Crippen molar-refractivity contribution in [3.8, 4) is 44.5 Å². The van der Waals surface area contributed by atoms with Crippen molar-refractivity contribution < 1.29 is 8.83 Å². The molecule has 10 aromatic rings. The van der Waals surface area contributed by atoms with Crippen LogP contribution in [-0.2, 0) is 5.41 Å². The van der Waals surface area contributed by atoms with E-state index < -0.39 is 5.41 Å². The van der Waals surface area contributed by atoms with E-state index >= 15 is 0 Å². The van der Waals surface area contributed by atoms with E-state index in [9.17, 15) is 0 Å². The van der Waals surface area contributed by atoms with Crippen LogP contribution in [0.1, 0.15) is 22.3 Å². The predicted octanol–water partition coefficient (Wildman–Crippen LogP) is 12.6. The smallest absolute Gasteiger partial charge is 0.136 e. The van der Waals surface area contributed by atoms with Gasteiger partial charge in [-0.25, -0.2) is 0 Å². The van der Waals surface area contributed by atoms with E-state index in [-0.39, 0.29) is 0 Å². The SMILES string of the molecule is c1ccc2c(c1)-c1ccccc1C21c2ccccc2-c2c(-c3cc4oc5cccc6c5c4c4c3ccc3oc5cccc-6c5c34)cccc21. The Labute approximate surface area is 280 Å². The molecule has 0 saturated heterocycles. The van der Waals surface area contributed by atoms with Gasteiger partial charge in [-0.2, -0.15) is 0 Å². The molecule has 0 saturated carbocycles. The zero-order chi connectivity index (χ0) is 31.6. The second kappa shape index (κ2) is 8.18. The van der Waals surface area contributed by atoms with Gasteiger partial charge in [-0.1, -0.05) is 115 Å². The summed E-state index contributed by atoms with van der Waals surface area (Å²) in [4.78, 5) is 0. The molecule has 0 bridgehead atoms. The van der Waals surface area contributed by atoms with Gasteiger partial charge in [0.1, 0.15) is 22.3 Å². The maximum absolute atomic E-state index is 6.80.